The van der Waals surface area contributed by atoms with Gasteiger partial charge < -0.3 is 14.4 Å². The van der Waals surface area contributed by atoms with Crippen molar-refractivity contribution in [3.05, 3.63) is 36.9 Å². The van der Waals surface area contributed by atoms with Crippen molar-refractivity contribution in [2.75, 3.05) is 24.5 Å². The van der Waals surface area contributed by atoms with Crippen molar-refractivity contribution in [3.8, 4) is 0 Å². The summed E-state index contributed by atoms with van der Waals surface area (Å²) >= 11 is 0. The molecule has 7 nitrogen and oxygen atoms in total. The monoisotopic (exact) mass is 358 g/mol. The van der Waals surface area contributed by atoms with Crippen molar-refractivity contribution in [1.82, 2.24) is 24.4 Å². The summed E-state index contributed by atoms with van der Waals surface area (Å²) in [5.41, 5.74) is 0. The number of nitrogens with zero attached hydrogens (tertiary/aromatic N) is 6. The summed E-state index contributed by atoms with van der Waals surface area (Å²) in [7, 11) is 0. The molecule has 2 aliphatic heterocycles. The van der Waals surface area contributed by atoms with Gasteiger partial charge in [0.15, 0.2) is 5.82 Å². The van der Waals surface area contributed by atoms with Crippen LogP contribution in [0.3, 0.4) is 0 Å². The molecule has 26 heavy (non-hydrogen) atoms. The van der Waals surface area contributed by atoms with E-state index in [1.165, 1.54) is 12.4 Å². The Labute approximate surface area is 151 Å². The molecule has 0 spiro atoms. The normalized spacial score (nSPS) is 23.2. The topological polar surface area (TPSA) is 67.2 Å². The first-order valence-electron chi connectivity index (χ1n) is 9.18. The van der Waals surface area contributed by atoms with Crippen LogP contribution < -0.4 is 4.90 Å². The van der Waals surface area contributed by atoms with E-state index in [1.807, 2.05) is 17.1 Å². The van der Waals surface area contributed by atoms with Gasteiger partial charge in [-0.25, -0.2) is 19.3 Å². The maximum absolute atomic E-state index is 13.0. The Hall–Kier alpha value is -2.51. The number of rotatable bonds is 5. The Morgan fingerprint density at radius 1 is 1.19 bits per heavy atom. The summed E-state index contributed by atoms with van der Waals surface area (Å²) in [5, 5.41) is 0. The second-order valence-electron chi connectivity index (χ2n) is 7.04. The van der Waals surface area contributed by atoms with Gasteiger partial charge in [0, 0.05) is 51.0 Å². The molecule has 2 saturated heterocycles. The van der Waals surface area contributed by atoms with Crippen LogP contribution in [0.25, 0.3) is 0 Å². The molecule has 0 unspecified atom stereocenters. The van der Waals surface area contributed by atoms with E-state index in [4.69, 9.17) is 0 Å². The number of hydrogen-bond acceptors (Lipinski definition) is 5. The van der Waals surface area contributed by atoms with Crippen LogP contribution in [-0.2, 0) is 11.3 Å². The van der Waals surface area contributed by atoms with E-state index >= 15 is 0 Å². The number of aryl methyl sites for hydroxylation is 1. The highest BCUT2D eigenvalue weighted by molar-refractivity contribution is 5.77. The standard InChI is InChI=1S/C18H23FN6O/c19-15-10-21-18(22-11-15)24-8-4-16-14(12-24)2-3-17(26)25(16)7-1-6-23-9-5-20-13-23/h5,9-11,13-14,16H,1-4,6-8,12H2/t14-,16+/m1/s1. The summed E-state index contributed by atoms with van der Waals surface area (Å²) in [6.07, 6.45) is 11.3. The number of imidazole rings is 1. The molecule has 0 bridgehead atoms. The van der Waals surface area contributed by atoms with Gasteiger partial charge in [-0.15, -0.1) is 0 Å². The number of amides is 1. The van der Waals surface area contributed by atoms with Gasteiger partial charge in [-0.3, -0.25) is 4.79 Å². The quantitative estimate of drug-likeness (QED) is 0.814. The smallest absolute Gasteiger partial charge is 0.225 e. The third-order valence-electron chi connectivity index (χ3n) is 5.41. The number of fused-ring (bicyclic) bond motifs is 1. The molecular formula is C18H23FN6O. The average molecular weight is 358 g/mol. The van der Waals surface area contributed by atoms with Crippen molar-refractivity contribution >= 4 is 11.9 Å². The minimum absolute atomic E-state index is 0.267. The van der Waals surface area contributed by atoms with Gasteiger partial charge in [0.25, 0.3) is 0 Å². The predicted molar refractivity (Wildman–Crippen MR) is 93.9 cm³/mol. The van der Waals surface area contributed by atoms with E-state index in [2.05, 4.69) is 24.8 Å². The van der Waals surface area contributed by atoms with Crippen LogP contribution in [0.1, 0.15) is 25.7 Å². The van der Waals surface area contributed by atoms with Crippen LogP contribution in [0.5, 0.6) is 0 Å². The molecule has 1 amide bonds. The predicted octanol–water partition coefficient (Wildman–Crippen LogP) is 1.72. The van der Waals surface area contributed by atoms with Crippen molar-refractivity contribution in [1.29, 1.82) is 0 Å². The van der Waals surface area contributed by atoms with E-state index in [-0.39, 0.29) is 11.9 Å². The van der Waals surface area contributed by atoms with Crippen molar-refractivity contribution in [3.63, 3.8) is 0 Å². The highest BCUT2D eigenvalue weighted by Crippen LogP contribution is 2.32. The Balaban J connectivity index is 1.37. The summed E-state index contributed by atoms with van der Waals surface area (Å²) in [5.74, 6) is 0.844. The van der Waals surface area contributed by atoms with Gasteiger partial charge in [-0.2, -0.15) is 0 Å². The Morgan fingerprint density at radius 2 is 2.04 bits per heavy atom. The van der Waals surface area contributed by atoms with Gasteiger partial charge >= 0.3 is 0 Å². The fraction of sp³-hybridized carbons (Fsp3) is 0.556. The molecule has 0 saturated carbocycles. The summed E-state index contributed by atoms with van der Waals surface area (Å²) in [4.78, 5) is 28.9. The fourth-order valence-corrected chi connectivity index (χ4v) is 4.13. The number of piperidine rings is 2. The van der Waals surface area contributed by atoms with E-state index in [0.29, 0.717) is 18.3 Å². The molecule has 2 aromatic rings. The molecule has 4 rings (SSSR count). The third-order valence-corrected chi connectivity index (χ3v) is 5.41. The van der Waals surface area contributed by atoms with Crippen molar-refractivity contribution in [2.24, 2.45) is 5.92 Å². The molecule has 2 aromatic heterocycles. The largest absolute Gasteiger partial charge is 0.340 e. The Morgan fingerprint density at radius 3 is 2.81 bits per heavy atom. The number of hydrogen-bond donors (Lipinski definition) is 0. The van der Waals surface area contributed by atoms with Gasteiger partial charge in [0.1, 0.15) is 0 Å². The number of halogens is 1. The highest BCUT2D eigenvalue weighted by Gasteiger charge is 2.39. The van der Waals surface area contributed by atoms with Crippen LogP contribution in [0.4, 0.5) is 10.3 Å². The van der Waals surface area contributed by atoms with Gasteiger partial charge in [-0.1, -0.05) is 0 Å². The van der Waals surface area contributed by atoms with Crippen LogP contribution in [-0.4, -0.2) is 56.0 Å². The first-order valence-corrected chi connectivity index (χ1v) is 9.18. The minimum atomic E-state index is -0.420. The number of anilines is 1. The maximum Gasteiger partial charge on any atom is 0.225 e. The molecule has 2 aliphatic rings. The van der Waals surface area contributed by atoms with Gasteiger partial charge in [0.2, 0.25) is 11.9 Å². The zero-order chi connectivity index (χ0) is 17.9. The summed E-state index contributed by atoms with van der Waals surface area (Å²) < 4.78 is 15.1. The minimum Gasteiger partial charge on any atom is -0.340 e. The first kappa shape index (κ1) is 16.9. The molecule has 2 fully saturated rings. The third kappa shape index (κ3) is 3.54. The lowest BCUT2D eigenvalue weighted by atomic mass is 9.83. The second-order valence-corrected chi connectivity index (χ2v) is 7.04. The SMILES string of the molecule is O=C1CC[C@@H]2CN(c3ncc(F)cn3)CC[C@@H]2N1CCCn1ccnc1. The molecule has 0 aromatic carbocycles. The Kier molecular flexibility index (Phi) is 4.81. The molecular weight excluding hydrogens is 335 g/mol. The zero-order valence-electron chi connectivity index (χ0n) is 14.7. The van der Waals surface area contributed by atoms with Crippen LogP contribution in [0.15, 0.2) is 31.1 Å². The molecule has 0 radical (unpaired) electrons. The Bertz CT molecular complexity index is 735. The summed E-state index contributed by atoms with van der Waals surface area (Å²) in [6.45, 7) is 3.27. The number of likely N-dealkylation sites (tertiary alicyclic amines) is 1. The lowest BCUT2D eigenvalue weighted by Gasteiger charge is -2.47. The second kappa shape index (κ2) is 7.39. The van der Waals surface area contributed by atoms with E-state index in [1.54, 1.807) is 6.20 Å². The van der Waals surface area contributed by atoms with E-state index in [0.717, 1.165) is 45.4 Å². The van der Waals surface area contributed by atoms with Gasteiger partial charge in [-0.05, 0) is 25.2 Å². The van der Waals surface area contributed by atoms with Crippen LogP contribution in [0, 0.1) is 11.7 Å². The van der Waals surface area contributed by atoms with Crippen LogP contribution in [0.2, 0.25) is 0 Å². The zero-order valence-corrected chi connectivity index (χ0v) is 14.7. The number of carbonyl (C=O) groups is 1. The fourth-order valence-electron chi connectivity index (χ4n) is 4.13. The van der Waals surface area contributed by atoms with Crippen molar-refractivity contribution < 1.29 is 9.18 Å². The molecule has 2 atom stereocenters. The average Bonchev–Trinajstić information content (AvgIpc) is 3.17. The van der Waals surface area contributed by atoms with Crippen LogP contribution >= 0.6 is 0 Å². The molecule has 0 aliphatic carbocycles. The molecule has 138 valence electrons. The number of aromatic nitrogens is 4. The first-order chi connectivity index (χ1) is 12.7. The van der Waals surface area contributed by atoms with E-state index in [9.17, 15) is 9.18 Å². The lowest BCUT2D eigenvalue weighted by molar-refractivity contribution is -0.139. The maximum atomic E-state index is 13.0. The molecule has 8 heteroatoms. The lowest BCUT2D eigenvalue weighted by Crippen LogP contribution is -2.56. The molecule has 0 N–H and O–H groups in total. The highest BCUT2D eigenvalue weighted by atomic mass is 19.1. The summed E-state index contributed by atoms with van der Waals surface area (Å²) in [6, 6.07) is 0.288. The van der Waals surface area contributed by atoms with E-state index < -0.39 is 5.82 Å². The van der Waals surface area contributed by atoms with Crippen molar-refractivity contribution in [2.45, 2.75) is 38.3 Å². The van der Waals surface area contributed by atoms with Gasteiger partial charge in [0.05, 0.1) is 18.7 Å². The number of carbonyl (C=O) groups excluding carboxylic acids is 1. The molecule has 4 heterocycles.